The SMILES string of the molecule is CCc1ccc(N[C@@H]2NC(=O)/C(=C/c3cc(I)c(OCc4ccc([N+](=O)[O-])cc4)c(I)c3)S2)cc1. The Morgan fingerprint density at radius 2 is 1.71 bits per heavy atom. The second kappa shape index (κ2) is 11.6. The van der Waals surface area contributed by atoms with Crippen molar-refractivity contribution in [3.05, 3.63) is 99.5 Å². The summed E-state index contributed by atoms with van der Waals surface area (Å²) in [5, 5.41) is 17.1. The van der Waals surface area contributed by atoms with Crippen molar-refractivity contribution in [1.29, 1.82) is 0 Å². The number of rotatable bonds is 8. The van der Waals surface area contributed by atoms with Gasteiger partial charge in [0.05, 0.1) is 17.0 Å². The first-order valence-corrected chi connectivity index (χ1v) is 13.8. The Kier molecular flexibility index (Phi) is 8.55. The smallest absolute Gasteiger partial charge is 0.269 e. The van der Waals surface area contributed by atoms with Crippen LogP contribution in [-0.4, -0.2) is 16.3 Å². The predicted molar refractivity (Wildman–Crippen MR) is 156 cm³/mol. The number of hydrogen-bond donors (Lipinski definition) is 2. The van der Waals surface area contributed by atoms with Gasteiger partial charge in [-0.15, -0.1) is 0 Å². The van der Waals surface area contributed by atoms with Gasteiger partial charge in [-0.05, 0) is 111 Å². The number of halogens is 2. The Bertz CT molecular complexity index is 1260. The monoisotopic (exact) mass is 713 g/mol. The van der Waals surface area contributed by atoms with E-state index < -0.39 is 4.92 Å². The fourth-order valence-electron chi connectivity index (χ4n) is 3.37. The number of anilines is 1. The van der Waals surface area contributed by atoms with Crippen molar-refractivity contribution in [2.45, 2.75) is 25.4 Å². The summed E-state index contributed by atoms with van der Waals surface area (Å²) in [4.78, 5) is 23.6. The van der Waals surface area contributed by atoms with Crippen molar-refractivity contribution in [2.75, 3.05) is 5.32 Å². The number of amides is 1. The number of aryl methyl sites for hydroxylation is 1. The third kappa shape index (κ3) is 6.67. The van der Waals surface area contributed by atoms with Crippen LogP contribution in [0.2, 0.25) is 0 Å². The van der Waals surface area contributed by atoms with Crippen LogP contribution in [0.25, 0.3) is 6.08 Å². The lowest BCUT2D eigenvalue weighted by Gasteiger charge is -2.13. The van der Waals surface area contributed by atoms with E-state index >= 15 is 0 Å². The van der Waals surface area contributed by atoms with E-state index in [1.54, 1.807) is 12.1 Å². The molecule has 0 spiro atoms. The Balaban J connectivity index is 1.42. The zero-order valence-electron chi connectivity index (χ0n) is 18.6. The van der Waals surface area contributed by atoms with E-state index in [2.05, 4.69) is 74.9 Å². The van der Waals surface area contributed by atoms with Crippen molar-refractivity contribution < 1.29 is 14.5 Å². The van der Waals surface area contributed by atoms with E-state index in [0.29, 0.717) is 11.5 Å². The van der Waals surface area contributed by atoms with Gasteiger partial charge in [-0.3, -0.25) is 14.9 Å². The van der Waals surface area contributed by atoms with Gasteiger partial charge in [0, 0.05) is 17.8 Å². The van der Waals surface area contributed by atoms with E-state index in [4.69, 9.17) is 4.74 Å². The van der Waals surface area contributed by atoms with E-state index in [1.165, 1.54) is 29.5 Å². The van der Waals surface area contributed by atoms with Gasteiger partial charge in [-0.2, -0.15) is 0 Å². The molecular weight excluding hydrogens is 692 g/mol. The van der Waals surface area contributed by atoms with E-state index in [0.717, 1.165) is 36.1 Å². The Hall–Kier alpha value is -2.32. The van der Waals surface area contributed by atoms with Crippen LogP contribution in [0.4, 0.5) is 11.4 Å². The summed E-state index contributed by atoms with van der Waals surface area (Å²) in [7, 11) is 0. The molecule has 3 aromatic rings. The summed E-state index contributed by atoms with van der Waals surface area (Å²) < 4.78 is 7.83. The number of hydrogen-bond acceptors (Lipinski definition) is 6. The molecule has 0 radical (unpaired) electrons. The molecule has 7 nitrogen and oxygen atoms in total. The summed E-state index contributed by atoms with van der Waals surface area (Å²) in [6.07, 6.45) is 2.87. The molecular formula is C25H21I2N3O4S. The second-order valence-electron chi connectivity index (χ2n) is 7.70. The molecule has 1 aliphatic rings. The molecule has 1 atom stereocenters. The third-order valence-corrected chi connectivity index (χ3v) is 7.87. The van der Waals surface area contributed by atoms with Crippen molar-refractivity contribution in [1.82, 2.24) is 5.32 Å². The number of non-ortho nitro benzene ring substituents is 1. The maximum Gasteiger partial charge on any atom is 0.269 e. The Morgan fingerprint density at radius 1 is 1.09 bits per heavy atom. The first-order valence-electron chi connectivity index (χ1n) is 10.7. The molecule has 10 heteroatoms. The van der Waals surface area contributed by atoms with Crippen LogP contribution in [0, 0.1) is 17.3 Å². The maximum absolute atomic E-state index is 12.5. The molecule has 0 aromatic heterocycles. The quantitative estimate of drug-likeness (QED) is 0.119. The topological polar surface area (TPSA) is 93.5 Å². The van der Waals surface area contributed by atoms with Crippen molar-refractivity contribution >= 4 is 80.3 Å². The molecule has 4 rings (SSSR count). The fourth-order valence-corrected chi connectivity index (χ4v) is 6.49. The van der Waals surface area contributed by atoms with Crippen LogP contribution in [0.5, 0.6) is 5.75 Å². The number of nitrogens with one attached hydrogen (secondary N) is 2. The number of nitrogens with zero attached hydrogens (tertiary/aromatic N) is 1. The number of nitro groups is 1. The maximum atomic E-state index is 12.5. The standard InChI is InChI=1S/C25H21I2N3O4S/c1-2-15-3-7-18(8-4-15)28-25-29-24(31)22(35-25)13-17-11-20(26)23(21(27)12-17)34-14-16-5-9-19(10-6-16)30(32)33/h3-13,25,28H,2,14H2,1H3,(H,29,31)/b22-13-/t25-/m1/s1. The highest BCUT2D eigenvalue weighted by Crippen LogP contribution is 2.34. The van der Waals surface area contributed by atoms with E-state index in [9.17, 15) is 14.9 Å². The average molecular weight is 713 g/mol. The Morgan fingerprint density at radius 3 is 2.31 bits per heavy atom. The van der Waals surface area contributed by atoms with Crippen LogP contribution in [0.15, 0.2) is 65.6 Å². The molecule has 180 valence electrons. The van der Waals surface area contributed by atoms with Gasteiger partial charge in [-0.1, -0.05) is 30.8 Å². The minimum absolute atomic E-state index is 0.0518. The first-order chi connectivity index (χ1) is 16.8. The Labute approximate surface area is 234 Å². The number of carbonyl (C=O) groups is 1. The molecule has 0 unspecified atom stereocenters. The van der Waals surface area contributed by atoms with Crippen LogP contribution >= 0.6 is 56.9 Å². The van der Waals surface area contributed by atoms with Gasteiger partial charge in [-0.25, -0.2) is 0 Å². The summed E-state index contributed by atoms with van der Waals surface area (Å²) in [6, 6.07) is 18.5. The number of thioether (sulfide) groups is 1. The number of nitro benzene ring substituents is 1. The number of ether oxygens (including phenoxy) is 1. The average Bonchev–Trinajstić information content (AvgIpc) is 3.17. The lowest BCUT2D eigenvalue weighted by atomic mass is 10.1. The largest absolute Gasteiger partial charge is 0.487 e. The lowest BCUT2D eigenvalue weighted by Crippen LogP contribution is -2.30. The highest BCUT2D eigenvalue weighted by molar-refractivity contribution is 14.1. The summed E-state index contributed by atoms with van der Waals surface area (Å²) in [6.45, 7) is 2.42. The molecule has 1 amide bonds. The van der Waals surface area contributed by atoms with Crippen LogP contribution in [0.1, 0.15) is 23.6 Å². The van der Waals surface area contributed by atoms with Crippen molar-refractivity contribution in [2.24, 2.45) is 0 Å². The summed E-state index contributed by atoms with van der Waals surface area (Å²) >= 11 is 5.88. The molecule has 0 aliphatic carbocycles. The van der Waals surface area contributed by atoms with Crippen LogP contribution < -0.4 is 15.4 Å². The lowest BCUT2D eigenvalue weighted by molar-refractivity contribution is -0.384. The van der Waals surface area contributed by atoms with Gasteiger partial charge in [0.15, 0.2) is 5.50 Å². The fraction of sp³-hybridized carbons (Fsp3) is 0.160. The molecule has 1 heterocycles. The molecule has 2 N–H and O–H groups in total. The summed E-state index contributed by atoms with van der Waals surface area (Å²) in [5.74, 6) is 0.631. The van der Waals surface area contributed by atoms with Gasteiger partial charge in [0.2, 0.25) is 0 Å². The zero-order chi connectivity index (χ0) is 24.9. The molecule has 1 fully saturated rings. The molecule has 0 bridgehead atoms. The second-order valence-corrected chi connectivity index (χ2v) is 11.2. The van der Waals surface area contributed by atoms with Crippen LogP contribution in [0.3, 0.4) is 0 Å². The normalized spacial score (nSPS) is 16.3. The van der Waals surface area contributed by atoms with Gasteiger partial charge >= 0.3 is 0 Å². The van der Waals surface area contributed by atoms with Crippen LogP contribution in [-0.2, 0) is 17.8 Å². The number of carbonyl (C=O) groups excluding carboxylic acids is 1. The molecule has 35 heavy (non-hydrogen) atoms. The molecule has 1 aliphatic heterocycles. The van der Waals surface area contributed by atoms with E-state index in [-0.39, 0.29) is 17.1 Å². The predicted octanol–water partition coefficient (Wildman–Crippen LogP) is 6.55. The first kappa shape index (κ1) is 25.8. The highest BCUT2D eigenvalue weighted by Gasteiger charge is 2.27. The highest BCUT2D eigenvalue weighted by atomic mass is 127. The third-order valence-electron chi connectivity index (χ3n) is 5.24. The minimum atomic E-state index is -0.422. The van der Waals surface area contributed by atoms with Crippen molar-refractivity contribution in [3.63, 3.8) is 0 Å². The summed E-state index contributed by atoms with van der Waals surface area (Å²) in [5.41, 5.74) is 3.80. The zero-order valence-corrected chi connectivity index (χ0v) is 23.7. The van der Waals surface area contributed by atoms with Gasteiger partial charge in [0.25, 0.3) is 11.6 Å². The number of benzene rings is 3. The van der Waals surface area contributed by atoms with Gasteiger partial charge in [0.1, 0.15) is 12.4 Å². The minimum Gasteiger partial charge on any atom is -0.487 e. The van der Waals surface area contributed by atoms with E-state index in [1.807, 2.05) is 30.3 Å². The van der Waals surface area contributed by atoms with Gasteiger partial charge < -0.3 is 15.4 Å². The molecule has 0 saturated carbocycles. The molecule has 3 aromatic carbocycles. The molecule has 1 saturated heterocycles. The van der Waals surface area contributed by atoms with Crippen molar-refractivity contribution in [3.8, 4) is 5.75 Å².